The van der Waals surface area contributed by atoms with Crippen molar-refractivity contribution in [2.75, 3.05) is 0 Å². The van der Waals surface area contributed by atoms with Crippen LogP contribution in [0.15, 0.2) is 158 Å². The summed E-state index contributed by atoms with van der Waals surface area (Å²) >= 11 is 0. The first-order valence-corrected chi connectivity index (χ1v) is 14.8. The van der Waals surface area contributed by atoms with Gasteiger partial charge in [0, 0.05) is 34.5 Å². The van der Waals surface area contributed by atoms with E-state index in [0.29, 0.717) is 0 Å². The number of pyridine rings is 2. The number of aromatic nitrogens is 4. The maximum Gasteiger partial charge on any atom is 0.149 e. The Labute approximate surface area is 254 Å². The molecule has 0 saturated heterocycles. The highest BCUT2D eigenvalue weighted by atomic mass is 15.1. The molecule has 0 spiro atoms. The zero-order valence-corrected chi connectivity index (χ0v) is 23.8. The number of rotatable bonds is 4. The lowest BCUT2D eigenvalue weighted by atomic mass is 9.98. The summed E-state index contributed by atoms with van der Waals surface area (Å²) < 4.78 is 4.64. The highest BCUT2D eigenvalue weighted by Gasteiger charge is 2.23. The van der Waals surface area contributed by atoms with Crippen molar-refractivity contribution < 1.29 is 0 Å². The summed E-state index contributed by atoms with van der Waals surface area (Å²) in [5.74, 6) is 0. The van der Waals surface area contributed by atoms with Gasteiger partial charge in [0.05, 0.1) is 21.9 Å². The zero-order valence-electron chi connectivity index (χ0n) is 23.8. The van der Waals surface area contributed by atoms with E-state index in [0.717, 1.165) is 61.0 Å². The van der Waals surface area contributed by atoms with E-state index >= 15 is 0 Å². The highest BCUT2D eigenvalue weighted by molar-refractivity contribution is 6.24. The molecule has 4 heteroatoms. The van der Waals surface area contributed by atoms with Crippen molar-refractivity contribution in [1.29, 1.82) is 0 Å². The molecule has 9 rings (SSSR count). The predicted octanol–water partition coefficient (Wildman–Crippen LogP) is 10.0. The van der Waals surface area contributed by atoms with Gasteiger partial charge >= 0.3 is 0 Å². The molecule has 0 saturated carbocycles. The van der Waals surface area contributed by atoms with Crippen molar-refractivity contribution in [2.45, 2.75) is 0 Å². The Bertz CT molecular complexity index is 2420. The van der Waals surface area contributed by atoms with Crippen LogP contribution in [-0.2, 0) is 0 Å². The first-order chi connectivity index (χ1) is 21.8. The fourth-order valence-electron chi connectivity index (χ4n) is 6.65. The second-order valence-corrected chi connectivity index (χ2v) is 11.1. The number of hydrogen-bond acceptors (Lipinski definition) is 2. The average Bonchev–Trinajstić information content (AvgIpc) is 3.62. The van der Waals surface area contributed by atoms with Gasteiger partial charge in [-0.05, 0) is 70.8 Å². The molecular formula is C40H26N4. The predicted molar refractivity (Wildman–Crippen MR) is 182 cm³/mol. The molecule has 0 aliphatic rings. The zero-order chi connectivity index (χ0) is 29.0. The van der Waals surface area contributed by atoms with Gasteiger partial charge in [0.2, 0.25) is 0 Å². The maximum absolute atomic E-state index is 5.19. The van der Waals surface area contributed by atoms with E-state index in [1.807, 2.05) is 18.5 Å². The van der Waals surface area contributed by atoms with Gasteiger partial charge in [-0.2, -0.15) is 0 Å². The third-order valence-electron chi connectivity index (χ3n) is 8.57. The number of para-hydroxylation sites is 2. The van der Waals surface area contributed by atoms with Crippen LogP contribution in [0.25, 0.3) is 77.5 Å². The normalized spacial score (nSPS) is 11.6. The van der Waals surface area contributed by atoms with Gasteiger partial charge in [-0.15, -0.1) is 0 Å². The maximum atomic E-state index is 5.19. The summed E-state index contributed by atoms with van der Waals surface area (Å²) in [6.45, 7) is 0. The molecule has 5 aromatic carbocycles. The molecule has 0 aliphatic heterocycles. The lowest BCUT2D eigenvalue weighted by Gasteiger charge is -2.13. The van der Waals surface area contributed by atoms with E-state index in [1.54, 1.807) is 0 Å². The molecule has 0 atom stereocenters. The number of nitrogens with zero attached hydrogens (tertiary/aromatic N) is 4. The molecule has 0 fully saturated rings. The topological polar surface area (TPSA) is 35.6 Å². The molecule has 0 aliphatic carbocycles. The van der Waals surface area contributed by atoms with Gasteiger partial charge in [-0.1, -0.05) is 97.1 Å². The average molecular weight is 563 g/mol. The smallest absolute Gasteiger partial charge is 0.149 e. The molecule has 9 aromatic rings. The molecule has 4 aromatic heterocycles. The van der Waals surface area contributed by atoms with Crippen LogP contribution in [0.5, 0.6) is 0 Å². The highest BCUT2D eigenvalue weighted by Crippen LogP contribution is 2.41. The summed E-state index contributed by atoms with van der Waals surface area (Å²) in [4.78, 5) is 10.2. The fraction of sp³-hybridized carbons (Fsp3) is 0. The Morgan fingerprint density at radius 1 is 0.432 bits per heavy atom. The largest absolute Gasteiger partial charge is 0.308 e. The van der Waals surface area contributed by atoms with Crippen molar-refractivity contribution in [3.63, 3.8) is 0 Å². The number of benzene rings is 5. The van der Waals surface area contributed by atoms with Crippen molar-refractivity contribution in [3.05, 3.63) is 158 Å². The molecular weight excluding hydrogens is 536 g/mol. The van der Waals surface area contributed by atoms with E-state index in [9.17, 15) is 0 Å². The first kappa shape index (κ1) is 24.6. The second-order valence-electron chi connectivity index (χ2n) is 11.1. The molecule has 0 bridgehead atoms. The fourth-order valence-corrected chi connectivity index (χ4v) is 6.65. The summed E-state index contributed by atoms with van der Waals surface area (Å²) in [6, 6.07) is 51.3. The Morgan fingerprint density at radius 2 is 1.05 bits per heavy atom. The first-order valence-electron chi connectivity index (χ1n) is 14.8. The van der Waals surface area contributed by atoms with Gasteiger partial charge < -0.3 is 4.57 Å². The second kappa shape index (κ2) is 9.79. The molecule has 0 radical (unpaired) electrons. The molecule has 0 N–H and O–H groups in total. The SMILES string of the molecule is c1ccc(-c2cc(-c3ccccc3)cc(-n3c4cccnc4c4c3ncc3c5ccccc5n(-c5ccccc5)c34)c2)cc1. The molecule has 4 heterocycles. The standard InChI is InChI=1S/C40H26N4/c1-4-13-27(14-5-1)29-23-30(28-15-6-2-7-16-28)25-32(24-29)44-36-21-12-22-41-38(36)37-39-34(26-42-40(37)44)33-19-10-11-20-35(33)43(39)31-17-8-3-9-18-31/h1-26H. The molecule has 0 unspecified atom stereocenters. The minimum absolute atomic E-state index is 0.885. The van der Waals surface area contributed by atoms with Crippen molar-refractivity contribution >= 4 is 43.9 Å². The van der Waals surface area contributed by atoms with Gasteiger partial charge in [-0.25, -0.2) is 4.98 Å². The summed E-state index contributed by atoms with van der Waals surface area (Å²) in [5.41, 5.74) is 11.9. The van der Waals surface area contributed by atoms with Gasteiger partial charge in [-0.3, -0.25) is 9.55 Å². The van der Waals surface area contributed by atoms with Crippen LogP contribution >= 0.6 is 0 Å². The molecule has 0 amide bonds. The Kier molecular flexibility index (Phi) is 5.47. The van der Waals surface area contributed by atoms with Gasteiger partial charge in [0.1, 0.15) is 11.2 Å². The third kappa shape index (κ3) is 3.71. The molecule has 44 heavy (non-hydrogen) atoms. The lowest BCUT2D eigenvalue weighted by Crippen LogP contribution is -1.98. The van der Waals surface area contributed by atoms with E-state index < -0.39 is 0 Å². The third-order valence-corrected chi connectivity index (χ3v) is 8.57. The van der Waals surface area contributed by atoms with E-state index in [2.05, 4.69) is 149 Å². The van der Waals surface area contributed by atoms with Crippen molar-refractivity contribution in [1.82, 2.24) is 19.1 Å². The van der Waals surface area contributed by atoms with E-state index in [-0.39, 0.29) is 0 Å². The van der Waals surface area contributed by atoms with Crippen molar-refractivity contribution in [3.8, 4) is 33.6 Å². The van der Waals surface area contributed by atoms with E-state index in [4.69, 9.17) is 9.97 Å². The number of fused-ring (bicyclic) bond motifs is 7. The Morgan fingerprint density at radius 3 is 1.75 bits per heavy atom. The minimum Gasteiger partial charge on any atom is -0.308 e. The summed E-state index contributed by atoms with van der Waals surface area (Å²) in [7, 11) is 0. The van der Waals surface area contributed by atoms with Crippen LogP contribution in [0, 0.1) is 0 Å². The quantitative estimate of drug-likeness (QED) is 0.214. The van der Waals surface area contributed by atoms with Crippen LogP contribution in [0.2, 0.25) is 0 Å². The van der Waals surface area contributed by atoms with Crippen LogP contribution < -0.4 is 0 Å². The Balaban J connectivity index is 1.43. The van der Waals surface area contributed by atoms with Crippen LogP contribution in [-0.4, -0.2) is 19.1 Å². The van der Waals surface area contributed by atoms with Crippen LogP contribution in [0.1, 0.15) is 0 Å². The van der Waals surface area contributed by atoms with Gasteiger partial charge in [0.25, 0.3) is 0 Å². The van der Waals surface area contributed by atoms with Crippen LogP contribution in [0.4, 0.5) is 0 Å². The lowest BCUT2D eigenvalue weighted by molar-refractivity contribution is 1.13. The summed E-state index contributed by atoms with van der Waals surface area (Å²) in [6.07, 6.45) is 3.92. The van der Waals surface area contributed by atoms with Crippen molar-refractivity contribution in [2.24, 2.45) is 0 Å². The molecule has 4 nitrogen and oxygen atoms in total. The minimum atomic E-state index is 0.885. The van der Waals surface area contributed by atoms with Gasteiger partial charge in [0.15, 0.2) is 0 Å². The van der Waals surface area contributed by atoms with E-state index in [1.165, 1.54) is 16.5 Å². The monoisotopic (exact) mass is 562 g/mol. The molecule has 206 valence electrons. The summed E-state index contributed by atoms with van der Waals surface area (Å²) in [5, 5.41) is 3.34. The number of hydrogen-bond donors (Lipinski definition) is 0. The Hall–Kier alpha value is -6.00. The van der Waals surface area contributed by atoms with Crippen LogP contribution in [0.3, 0.4) is 0 Å².